The zero-order valence-electron chi connectivity index (χ0n) is 15.6. The molecule has 0 aliphatic carbocycles. The van der Waals surface area contributed by atoms with Gasteiger partial charge in [-0.25, -0.2) is 0 Å². The Hall–Kier alpha value is -3.30. The first-order valence-corrected chi connectivity index (χ1v) is 9.33. The topological polar surface area (TPSA) is 135 Å². The van der Waals surface area contributed by atoms with Gasteiger partial charge in [0.1, 0.15) is 5.92 Å². The smallest absolute Gasteiger partial charge is 0.243 e. The Bertz CT molecular complexity index is 940. The van der Waals surface area contributed by atoms with Crippen LogP contribution in [0, 0.1) is 34.0 Å². The molecule has 0 spiro atoms. The third kappa shape index (κ3) is 4.70. The summed E-state index contributed by atoms with van der Waals surface area (Å²) in [5.74, 6) is -2.07. The van der Waals surface area contributed by atoms with E-state index >= 15 is 0 Å². The van der Waals surface area contributed by atoms with E-state index in [1.165, 1.54) is 6.92 Å². The number of hydrogen-bond donors (Lipinski definition) is 3. The third-order valence-electron chi connectivity index (χ3n) is 4.15. The van der Waals surface area contributed by atoms with Gasteiger partial charge in [0.25, 0.3) is 0 Å². The first kappa shape index (κ1) is 21.0. The van der Waals surface area contributed by atoms with E-state index in [4.69, 9.17) is 0 Å². The fourth-order valence-corrected chi connectivity index (χ4v) is 3.72. The van der Waals surface area contributed by atoms with Crippen LogP contribution in [-0.4, -0.2) is 23.5 Å². The predicted octanol–water partition coefficient (Wildman–Crippen LogP) is 2.35. The van der Waals surface area contributed by atoms with Gasteiger partial charge in [-0.2, -0.15) is 10.5 Å². The van der Waals surface area contributed by atoms with Crippen molar-refractivity contribution in [3.63, 3.8) is 0 Å². The normalized spacial score (nSPS) is 17.8. The van der Waals surface area contributed by atoms with E-state index in [1.807, 2.05) is 12.1 Å². The van der Waals surface area contributed by atoms with E-state index < -0.39 is 17.2 Å². The van der Waals surface area contributed by atoms with Crippen LogP contribution >= 0.6 is 11.8 Å². The monoisotopic (exact) mass is 397 g/mol. The van der Waals surface area contributed by atoms with Gasteiger partial charge in [-0.05, 0) is 18.2 Å². The Labute approximate surface area is 167 Å². The molecule has 0 unspecified atom stereocenters. The molecule has 0 aromatic heterocycles. The number of carbonyl (C=O) groups is 3. The van der Waals surface area contributed by atoms with E-state index in [0.29, 0.717) is 11.4 Å². The molecule has 28 heavy (non-hydrogen) atoms. The number of thioether (sulfide) groups is 1. The molecule has 0 saturated heterocycles. The maximum atomic E-state index is 12.3. The van der Waals surface area contributed by atoms with Crippen molar-refractivity contribution in [1.29, 1.82) is 10.5 Å². The van der Waals surface area contributed by atoms with Crippen molar-refractivity contribution in [3.8, 4) is 12.1 Å². The molecule has 8 nitrogen and oxygen atoms in total. The molecule has 1 aliphatic heterocycles. The number of amides is 3. The molecular formula is C19H19N5O3S. The summed E-state index contributed by atoms with van der Waals surface area (Å²) in [5, 5.41) is 26.9. The lowest BCUT2D eigenvalue weighted by atomic mass is 9.72. The van der Waals surface area contributed by atoms with Gasteiger partial charge in [0.2, 0.25) is 17.7 Å². The largest absolute Gasteiger partial charge is 0.326 e. The van der Waals surface area contributed by atoms with Crippen LogP contribution in [0.2, 0.25) is 0 Å². The summed E-state index contributed by atoms with van der Waals surface area (Å²) in [6.07, 6.45) is 0. The van der Waals surface area contributed by atoms with Crippen LogP contribution in [0.25, 0.3) is 0 Å². The summed E-state index contributed by atoms with van der Waals surface area (Å²) >= 11 is 1.02. The minimum atomic E-state index is -0.975. The summed E-state index contributed by atoms with van der Waals surface area (Å²) in [4.78, 5) is 35.5. The zero-order valence-corrected chi connectivity index (χ0v) is 16.4. The standard InChI is InChI=1S/C19H19N5O3S/c1-11(25)22-12-5-4-6-13(7-12)23-16(26)10-28-18-15(9-21)19(2,3)14(8-20)17(27)24-18/h4-7,14H,10H2,1-3H3,(H,22,25)(H,23,26)(H,24,27)/t14-/m0/s1. The molecule has 1 heterocycles. The highest BCUT2D eigenvalue weighted by Crippen LogP contribution is 2.41. The lowest BCUT2D eigenvalue weighted by Gasteiger charge is -2.34. The van der Waals surface area contributed by atoms with E-state index in [9.17, 15) is 24.9 Å². The number of rotatable bonds is 5. The number of allylic oxidation sites excluding steroid dienone is 1. The first-order chi connectivity index (χ1) is 13.2. The van der Waals surface area contributed by atoms with Gasteiger partial charge < -0.3 is 16.0 Å². The summed E-state index contributed by atoms with van der Waals surface area (Å²) < 4.78 is 0. The lowest BCUT2D eigenvalue weighted by Crippen LogP contribution is -2.44. The minimum absolute atomic E-state index is 0.0432. The minimum Gasteiger partial charge on any atom is -0.326 e. The van der Waals surface area contributed by atoms with E-state index in [-0.39, 0.29) is 28.2 Å². The van der Waals surface area contributed by atoms with Crippen molar-refractivity contribution in [2.75, 3.05) is 16.4 Å². The van der Waals surface area contributed by atoms with Crippen molar-refractivity contribution >= 4 is 40.9 Å². The van der Waals surface area contributed by atoms with Crippen LogP contribution in [-0.2, 0) is 14.4 Å². The lowest BCUT2D eigenvalue weighted by molar-refractivity contribution is -0.125. The number of nitriles is 2. The molecule has 144 valence electrons. The molecule has 1 aromatic carbocycles. The first-order valence-electron chi connectivity index (χ1n) is 8.34. The van der Waals surface area contributed by atoms with Crippen LogP contribution in [0.1, 0.15) is 20.8 Å². The van der Waals surface area contributed by atoms with Crippen molar-refractivity contribution < 1.29 is 14.4 Å². The van der Waals surface area contributed by atoms with Crippen molar-refractivity contribution in [2.24, 2.45) is 11.3 Å². The molecular weight excluding hydrogens is 378 g/mol. The Morgan fingerprint density at radius 3 is 2.46 bits per heavy atom. The second-order valence-electron chi connectivity index (χ2n) is 6.69. The van der Waals surface area contributed by atoms with Crippen molar-refractivity contribution in [1.82, 2.24) is 5.32 Å². The van der Waals surface area contributed by atoms with Gasteiger partial charge in [0, 0.05) is 23.7 Å². The van der Waals surface area contributed by atoms with E-state index in [2.05, 4.69) is 16.0 Å². The summed E-state index contributed by atoms with van der Waals surface area (Å²) in [6, 6.07) is 10.7. The van der Waals surface area contributed by atoms with Crippen LogP contribution in [0.3, 0.4) is 0 Å². The molecule has 3 amide bonds. The quantitative estimate of drug-likeness (QED) is 0.698. The molecule has 0 fully saturated rings. The van der Waals surface area contributed by atoms with Crippen molar-refractivity contribution in [2.45, 2.75) is 20.8 Å². The van der Waals surface area contributed by atoms with E-state index in [1.54, 1.807) is 38.1 Å². The number of hydrogen-bond acceptors (Lipinski definition) is 6. The Balaban J connectivity index is 2.09. The maximum absolute atomic E-state index is 12.3. The van der Waals surface area contributed by atoms with Crippen LogP contribution in [0.4, 0.5) is 11.4 Å². The average molecular weight is 397 g/mol. The fourth-order valence-electron chi connectivity index (χ4n) is 2.75. The highest BCUT2D eigenvalue weighted by atomic mass is 32.2. The molecule has 0 radical (unpaired) electrons. The fraction of sp³-hybridized carbons (Fsp3) is 0.316. The number of benzene rings is 1. The predicted molar refractivity (Wildman–Crippen MR) is 105 cm³/mol. The van der Waals surface area contributed by atoms with Gasteiger partial charge >= 0.3 is 0 Å². The summed E-state index contributed by atoms with van der Waals surface area (Å²) in [5.41, 5.74) is 0.376. The molecule has 0 bridgehead atoms. The molecule has 3 N–H and O–H groups in total. The third-order valence-corrected chi connectivity index (χ3v) is 5.15. The van der Waals surface area contributed by atoms with Gasteiger partial charge in [-0.15, -0.1) is 0 Å². The Morgan fingerprint density at radius 2 is 1.89 bits per heavy atom. The zero-order chi connectivity index (χ0) is 20.9. The molecule has 9 heteroatoms. The van der Waals surface area contributed by atoms with Crippen LogP contribution in [0.5, 0.6) is 0 Å². The maximum Gasteiger partial charge on any atom is 0.243 e. The second kappa shape index (κ2) is 8.59. The van der Waals surface area contributed by atoms with Crippen molar-refractivity contribution in [3.05, 3.63) is 34.9 Å². The highest BCUT2D eigenvalue weighted by molar-refractivity contribution is 8.03. The summed E-state index contributed by atoms with van der Waals surface area (Å²) in [7, 11) is 0. The van der Waals surface area contributed by atoms with Gasteiger partial charge in [-0.1, -0.05) is 31.7 Å². The SMILES string of the molecule is CC(=O)Nc1cccc(NC(=O)CSC2=C(C#N)C(C)(C)[C@@H](C#N)C(=O)N2)c1. The van der Waals surface area contributed by atoms with Crippen LogP contribution < -0.4 is 16.0 Å². The molecule has 1 aliphatic rings. The molecule has 1 atom stereocenters. The average Bonchev–Trinajstić information content (AvgIpc) is 2.59. The number of anilines is 2. The Morgan fingerprint density at radius 1 is 1.25 bits per heavy atom. The number of carbonyl (C=O) groups excluding carboxylic acids is 3. The highest BCUT2D eigenvalue weighted by Gasteiger charge is 2.44. The van der Waals surface area contributed by atoms with Gasteiger partial charge in [0.15, 0.2) is 0 Å². The number of nitrogens with zero attached hydrogens (tertiary/aromatic N) is 2. The van der Waals surface area contributed by atoms with E-state index in [0.717, 1.165) is 11.8 Å². The van der Waals surface area contributed by atoms with Gasteiger partial charge in [-0.3, -0.25) is 14.4 Å². The molecule has 1 aromatic rings. The molecule has 2 rings (SSSR count). The van der Waals surface area contributed by atoms with Gasteiger partial charge in [0.05, 0.1) is 28.5 Å². The number of nitrogens with one attached hydrogen (secondary N) is 3. The summed E-state index contributed by atoms with van der Waals surface area (Å²) in [6.45, 7) is 4.71. The molecule has 0 saturated carbocycles. The second-order valence-corrected chi connectivity index (χ2v) is 7.67. The van der Waals surface area contributed by atoms with Crippen LogP contribution in [0.15, 0.2) is 34.9 Å². The Kier molecular flexibility index (Phi) is 6.45.